The highest BCUT2D eigenvalue weighted by Gasteiger charge is 2.45. The van der Waals surface area contributed by atoms with Crippen molar-refractivity contribution in [2.45, 2.75) is 12.3 Å². The van der Waals surface area contributed by atoms with E-state index in [1.165, 1.54) is 38.9 Å². The second kappa shape index (κ2) is 6.21. The van der Waals surface area contributed by atoms with Crippen LogP contribution in [0.1, 0.15) is 27.8 Å². The molecule has 0 radical (unpaired) electrons. The second-order valence-corrected chi connectivity index (χ2v) is 8.13. The van der Waals surface area contributed by atoms with Gasteiger partial charge >= 0.3 is 0 Å². The first-order valence-electron chi connectivity index (χ1n) is 9.24. The highest BCUT2D eigenvalue weighted by molar-refractivity contribution is 9.10. The van der Waals surface area contributed by atoms with Gasteiger partial charge in [-0.25, -0.2) is 0 Å². The average Bonchev–Trinajstić information content (AvgIpc) is 3.01. The Labute approximate surface area is 168 Å². The summed E-state index contributed by atoms with van der Waals surface area (Å²) >= 11 is 3.60. The first kappa shape index (κ1) is 16.5. The first-order chi connectivity index (χ1) is 13.2. The summed E-state index contributed by atoms with van der Waals surface area (Å²) in [4.78, 5) is 0. The molecule has 0 saturated carbocycles. The Hall–Kier alpha value is -2.64. The van der Waals surface area contributed by atoms with Crippen LogP contribution in [0.2, 0.25) is 0 Å². The molecular formula is C26H19Br. The van der Waals surface area contributed by atoms with Gasteiger partial charge in [-0.2, -0.15) is 0 Å². The van der Waals surface area contributed by atoms with Crippen LogP contribution in [-0.2, 0) is 5.41 Å². The van der Waals surface area contributed by atoms with Gasteiger partial charge in [0, 0.05) is 4.47 Å². The third-order valence-corrected chi connectivity index (χ3v) is 6.24. The van der Waals surface area contributed by atoms with Gasteiger partial charge in [0.1, 0.15) is 0 Å². The lowest BCUT2D eigenvalue weighted by Crippen LogP contribution is -2.28. The second-order valence-electron chi connectivity index (χ2n) is 7.21. The van der Waals surface area contributed by atoms with Crippen molar-refractivity contribution < 1.29 is 0 Å². The molecule has 0 nitrogen and oxygen atoms in total. The number of benzene rings is 4. The van der Waals surface area contributed by atoms with Crippen LogP contribution in [0.5, 0.6) is 0 Å². The Kier molecular flexibility index (Phi) is 3.80. The summed E-state index contributed by atoms with van der Waals surface area (Å²) in [7, 11) is 0. The molecule has 0 atom stereocenters. The van der Waals surface area contributed by atoms with Crippen LogP contribution in [0.4, 0.5) is 0 Å². The van der Waals surface area contributed by atoms with Gasteiger partial charge in [-0.1, -0.05) is 106 Å². The Bertz CT molecular complexity index is 1030. The van der Waals surface area contributed by atoms with E-state index in [1.54, 1.807) is 0 Å². The molecule has 1 aliphatic carbocycles. The quantitative estimate of drug-likeness (QED) is 0.290. The van der Waals surface area contributed by atoms with Crippen LogP contribution in [-0.4, -0.2) is 0 Å². The normalized spacial score (nSPS) is 13.9. The van der Waals surface area contributed by atoms with Crippen molar-refractivity contribution >= 4 is 15.9 Å². The molecule has 0 fully saturated rings. The number of fused-ring (bicyclic) bond motifs is 3. The maximum Gasteiger partial charge on any atom is 0.0713 e. The van der Waals surface area contributed by atoms with Gasteiger partial charge in [-0.3, -0.25) is 0 Å². The zero-order chi connectivity index (χ0) is 18.4. The fraction of sp³-hybridized carbons (Fsp3) is 0.0769. The molecule has 0 N–H and O–H groups in total. The van der Waals surface area contributed by atoms with E-state index in [-0.39, 0.29) is 5.41 Å². The lowest BCUT2D eigenvalue weighted by Gasteiger charge is -2.34. The molecule has 4 aromatic rings. The third-order valence-electron chi connectivity index (χ3n) is 5.71. The van der Waals surface area contributed by atoms with Crippen molar-refractivity contribution in [3.8, 4) is 11.1 Å². The van der Waals surface area contributed by atoms with E-state index in [9.17, 15) is 0 Å². The van der Waals surface area contributed by atoms with Crippen molar-refractivity contribution in [3.63, 3.8) is 0 Å². The van der Waals surface area contributed by atoms with E-state index in [0.717, 1.165) is 4.47 Å². The summed E-state index contributed by atoms with van der Waals surface area (Å²) in [5, 5.41) is 0. The van der Waals surface area contributed by atoms with Crippen molar-refractivity contribution in [2.75, 3.05) is 0 Å². The largest absolute Gasteiger partial charge is 0.0713 e. The van der Waals surface area contributed by atoms with Gasteiger partial charge in [0.15, 0.2) is 0 Å². The van der Waals surface area contributed by atoms with Crippen LogP contribution in [0.25, 0.3) is 11.1 Å². The first-order valence-corrected chi connectivity index (χ1v) is 10.0. The molecule has 0 bridgehead atoms. The Balaban J connectivity index is 1.94. The molecule has 0 spiro atoms. The van der Waals surface area contributed by atoms with Crippen molar-refractivity contribution in [1.29, 1.82) is 0 Å². The maximum absolute atomic E-state index is 3.60. The molecule has 130 valence electrons. The lowest BCUT2D eigenvalue weighted by atomic mass is 9.67. The SMILES string of the molecule is Cc1ccc(C2(c3ccc(Br)cc3)c3ccccc3-c3ccccc32)cc1. The molecule has 0 saturated heterocycles. The average molecular weight is 411 g/mol. The molecule has 4 aromatic carbocycles. The molecule has 0 heterocycles. The minimum absolute atomic E-state index is 0.290. The molecule has 5 rings (SSSR count). The lowest BCUT2D eigenvalue weighted by molar-refractivity contribution is 0.768. The number of hydrogen-bond donors (Lipinski definition) is 0. The molecule has 0 unspecified atom stereocenters. The van der Waals surface area contributed by atoms with Gasteiger partial charge in [0.25, 0.3) is 0 Å². The monoisotopic (exact) mass is 410 g/mol. The fourth-order valence-electron chi connectivity index (χ4n) is 4.53. The van der Waals surface area contributed by atoms with E-state index in [0.29, 0.717) is 0 Å². The van der Waals surface area contributed by atoms with Gasteiger partial charge in [0.2, 0.25) is 0 Å². The van der Waals surface area contributed by atoms with E-state index >= 15 is 0 Å². The summed E-state index contributed by atoms with van der Waals surface area (Å²) in [6.45, 7) is 2.15. The Morgan fingerprint density at radius 3 is 1.52 bits per heavy atom. The van der Waals surface area contributed by atoms with E-state index in [1.807, 2.05) is 0 Å². The van der Waals surface area contributed by atoms with Crippen LogP contribution in [0, 0.1) is 6.92 Å². The van der Waals surface area contributed by atoms with Crippen LogP contribution >= 0.6 is 15.9 Å². The van der Waals surface area contributed by atoms with Crippen LogP contribution in [0.3, 0.4) is 0 Å². The standard InChI is InChI=1S/C26H19Br/c1-18-10-12-19(13-11-18)26(20-14-16-21(27)17-15-20)24-8-4-2-6-22(24)23-7-3-5-9-25(23)26/h2-17H,1H3. The highest BCUT2D eigenvalue weighted by Crippen LogP contribution is 2.55. The molecule has 27 heavy (non-hydrogen) atoms. The Morgan fingerprint density at radius 1 is 0.556 bits per heavy atom. The topological polar surface area (TPSA) is 0 Å². The van der Waals surface area contributed by atoms with Gasteiger partial charge < -0.3 is 0 Å². The molecule has 1 aliphatic rings. The van der Waals surface area contributed by atoms with Crippen molar-refractivity contribution in [3.05, 3.63) is 129 Å². The minimum atomic E-state index is -0.290. The number of hydrogen-bond acceptors (Lipinski definition) is 0. The minimum Gasteiger partial charge on any atom is -0.0619 e. The summed E-state index contributed by atoms with van der Waals surface area (Å²) in [6.07, 6.45) is 0. The summed E-state index contributed by atoms with van der Waals surface area (Å²) < 4.78 is 1.10. The summed E-state index contributed by atoms with van der Waals surface area (Å²) in [6, 6.07) is 35.5. The number of aryl methyl sites for hydroxylation is 1. The van der Waals surface area contributed by atoms with Gasteiger partial charge in [-0.05, 0) is 52.4 Å². The predicted octanol–water partition coefficient (Wildman–Crippen LogP) is 7.12. The van der Waals surface area contributed by atoms with Crippen molar-refractivity contribution in [2.24, 2.45) is 0 Å². The summed E-state index contributed by atoms with van der Waals surface area (Å²) in [5.74, 6) is 0. The fourth-order valence-corrected chi connectivity index (χ4v) is 4.79. The van der Waals surface area contributed by atoms with Crippen LogP contribution in [0.15, 0.2) is 102 Å². The Morgan fingerprint density at radius 2 is 1.00 bits per heavy atom. The predicted molar refractivity (Wildman–Crippen MR) is 116 cm³/mol. The molecular weight excluding hydrogens is 392 g/mol. The zero-order valence-electron chi connectivity index (χ0n) is 15.1. The number of halogens is 1. The van der Waals surface area contributed by atoms with E-state index < -0.39 is 0 Å². The van der Waals surface area contributed by atoms with Gasteiger partial charge in [-0.15, -0.1) is 0 Å². The van der Waals surface area contributed by atoms with E-state index in [4.69, 9.17) is 0 Å². The molecule has 0 aromatic heterocycles. The van der Waals surface area contributed by atoms with Crippen molar-refractivity contribution in [1.82, 2.24) is 0 Å². The number of rotatable bonds is 2. The zero-order valence-corrected chi connectivity index (χ0v) is 16.7. The van der Waals surface area contributed by atoms with Crippen LogP contribution < -0.4 is 0 Å². The highest BCUT2D eigenvalue weighted by atomic mass is 79.9. The van der Waals surface area contributed by atoms with Gasteiger partial charge in [0.05, 0.1) is 5.41 Å². The molecule has 1 heteroatoms. The molecule has 0 amide bonds. The van der Waals surface area contributed by atoms with E-state index in [2.05, 4.69) is 120 Å². The maximum atomic E-state index is 3.60. The third kappa shape index (κ3) is 2.35. The molecule has 0 aliphatic heterocycles. The smallest absolute Gasteiger partial charge is 0.0619 e. The summed E-state index contributed by atoms with van der Waals surface area (Å²) in [5.41, 5.74) is 8.98.